The van der Waals surface area contributed by atoms with Crippen LogP contribution in [-0.2, 0) is 0 Å². The maximum absolute atomic E-state index is 11.7. The molecule has 0 fully saturated rings. The number of nitrogens with zero attached hydrogens (tertiary/aromatic N) is 3. The van der Waals surface area contributed by atoms with E-state index in [0.29, 0.717) is 10.9 Å². The summed E-state index contributed by atoms with van der Waals surface area (Å²) >= 11 is 0. The Labute approximate surface area is 125 Å². The summed E-state index contributed by atoms with van der Waals surface area (Å²) in [5.41, 5.74) is 3.51. The fourth-order valence-electron chi connectivity index (χ4n) is 2.44. The second kappa shape index (κ2) is 4.96. The van der Waals surface area contributed by atoms with E-state index in [-0.39, 0.29) is 5.56 Å². The number of aromatic amines is 1. The molecule has 4 rings (SSSR count). The molecule has 2 heterocycles. The summed E-state index contributed by atoms with van der Waals surface area (Å²) in [7, 11) is 0. The van der Waals surface area contributed by atoms with E-state index in [0.717, 1.165) is 16.8 Å². The number of rotatable bonds is 2. The van der Waals surface area contributed by atoms with E-state index >= 15 is 0 Å². The molecule has 0 aliphatic rings. The zero-order chi connectivity index (χ0) is 14.9. The van der Waals surface area contributed by atoms with Gasteiger partial charge in [0.05, 0.1) is 29.1 Å². The Bertz CT molecular complexity index is 1000. The molecule has 0 unspecified atom stereocenters. The molecule has 0 bridgehead atoms. The van der Waals surface area contributed by atoms with E-state index < -0.39 is 0 Å². The number of fused-ring (bicyclic) bond motifs is 1. The van der Waals surface area contributed by atoms with E-state index in [2.05, 4.69) is 15.1 Å². The molecule has 4 aromatic rings. The molecule has 1 N–H and O–H groups in total. The van der Waals surface area contributed by atoms with Crippen LogP contribution in [0.4, 0.5) is 0 Å². The van der Waals surface area contributed by atoms with Gasteiger partial charge in [-0.3, -0.25) is 4.79 Å². The molecule has 0 atom stereocenters. The molecule has 106 valence electrons. The van der Waals surface area contributed by atoms with Crippen molar-refractivity contribution in [1.82, 2.24) is 19.7 Å². The molecule has 2 aromatic heterocycles. The summed E-state index contributed by atoms with van der Waals surface area (Å²) in [6, 6.07) is 15.5. The molecule has 2 aromatic carbocycles. The molecule has 5 nitrogen and oxygen atoms in total. The van der Waals surface area contributed by atoms with Gasteiger partial charge in [0.2, 0.25) is 0 Å². The van der Waals surface area contributed by atoms with Crippen molar-refractivity contribution < 1.29 is 0 Å². The van der Waals surface area contributed by atoms with E-state index in [1.165, 1.54) is 6.33 Å². The number of aromatic nitrogens is 4. The minimum atomic E-state index is -0.128. The van der Waals surface area contributed by atoms with Gasteiger partial charge in [-0.1, -0.05) is 24.3 Å². The second-order valence-electron chi connectivity index (χ2n) is 4.97. The largest absolute Gasteiger partial charge is 0.313 e. The minimum Gasteiger partial charge on any atom is -0.313 e. The average molecular weight is 288 g/mol. The Balaban J connectivity index is 1.80. The highest BCUT2D eigenvalue weighted by Crippen LogP contribution is 2.22. The molecule has 0 aliphatic carbocycles. The zero-order valence-electron chi connectivity index (χ0n) is 11.6. The Morgan fingerprint density at radius 1 is 1.00 bits per heavy atom. The molecule has 0 saturated carbocycles. The number of H-pyrrole nitrogens is 1. The van der Waals surface area contributed by atoms with Gasteiger partial charge in [0.1, 0.15) is 0 Å². The lowest BCUT2D eigenvalue weighted by Crippen LogP contribution is -2.05. The summed E-state index contributed by atoms with van der Waals surface area (Å²) in [4.78, 5) is 18.5. The van der Waals surface area contributed by atoms with Crippen molar-refractivity contribution in [3.63, 3.8) is 0 Å². The molecule has 0 radical (unpaired) electrons. The molecule has 0 saturated heterocycles. The van der Waals surface area contributed by atoms with Crippen molar-refractivity contribution in [2.24, 2.45) is 0 Å². The van der Waals surface area contributed by atoms with Gasteiger partial charge in [-0.25, -0.2) is 9.67 Å². The molecular formula is C17H12N4O. The van der Waals surface area contributed by atoms with Crippen LogP contribution in [0.5, 0.6) is 0 Å². The molecule has 0 amide bonds. The van der Waals surface area contributed by atoms with Gasteiger partial charge in [-0.2, -0.15) is 5.10 Å². The second-order valence-corrected chi connectivity index (χ2v) is 4.97. The normalized spacial score (nSPS) is 10.9. The molecule has 0 aliphatic heterocycles. The monoisotopic (exact) mass is 288 g/mol. The quantitative estimate of drug-likeness (QED) is 0.617. The van der Waals surface area contributed by atoms with Crippen molar-refractivity contribution in [2.45, 2.75) is 0 Å². The Kier molecular flexibility index (Phi) is 2.83. The SMILES string of the molecule is O=c1[nH]cnc2cc(-c3cnn(-c4ccccc4)c3)ccc12. The molecule has 0 spiro atoms. The lowest BCUT2D eigenvalue weighted by Gasteiger charge is -2.01. The molecule has 22 heavy (non-hydrogen) atoms. The van der Waals surface area contributed by atoms with Crippen molar-refractivity contribution in [2.75, 3.05) is 0 Å². The Hall–Kier alpha value is -3.21. The third-order valence-corrected chi connectivity index (χ3v) is 3.58. The van der Waals surface area contributed by atoms with Gasteiger partial charge < -0.3 is 4.98 Å². The van der Waals surface area contributed by atoms with E-state index in [1.54, 1.807) is 12.3 Å². The predicted octanol–water partition coefficient (Wildman–Crippen LogP) is 2.78. The first-order chi connectivity index (χ1) is 10.8. The minimum absolute atomic E-state index is 0.128. The van der Waals surface area contributed by atoms with Gasteiger partial charge in [0, 0.05) is 11.8 Å². The highest BCUT2D eigenvalue weighted by molar-refractivity contribution is 5.83. The van der Waals surface area contributed by atoms with Crippen LogP contribution in [0.15, 0.2) is 72.0 Å². The summed E-state index contributed by atoms with van der Waals surface area (Å²) < 4.78 is 1.82. The van der Waals surface area contributed by atoms with Crippen molar-refractivity contribution >= 4 is 10.9 Å². The first-order valence-electron chi connectivity index (χ1n) is 6.89. The standard InChI is InChI=1S/C17H12N4O/c22-17-15-7-6-12(8-16(15)18-11-19-17)13-9-20-21(10-13)14-4-2-1-3-5-14/h1-11H,(H,18,19,22). The number of para-hydroxylation sites is 1. The lowest BCUT2D eigenvalue weighted by molar-refractivity contribution is 0.881. The lowest BCUT2D eigenvalue weighted by atomic mass is 10.1. The first-order valence-corrected chi connectivity index (χ1v) is 6.89. The fraction of sp³-hybridized carbons (Fsp3) is 0. The summed E-state index contributed by atoms with van der Waals surface area (Å²) in [6.45, 7) is 0. The Morgan fingerprint density at radius 3 is 2.73 bits per heavy atom. The van der Waals surface area contributed by atoms with Crippen LogP contribution >= 0.6 is 0 Å². The number of nitrogens with one attached hydrogen (secondary N) is 1. The van der Waals surface area contributed by atoms with Crippen LogP contribution in [0.25, 0.3) is 27.7 Å². The molecule has 5 heteroatoms. The van der Waals surface area contributed by atoms with Gasteiger partial charge in [-0.15, -0.1) is 0 Å². The highest BCUT2D eigenvalue weighted by atomic mass is 16.1. The highest BCUT2D eigenvalue weighted by Gasteiger charge is 2.06. The number of benzene rings is 2. The summed E-state index contributed by atoms with van der Waals surface area (Å²) in [5.74, 6) is 0. The van der Waals surface area contributed by atoms with E-state index in [4.69, 9.17) is 0 Å². The summed E-state index contributed by atoms with van der Waals surface area (Å²) in [6.07, 6.45) is 5.19. The van der Waals surface area contributed by atoms with Crippen LogP contribution < -0.4 is 5.56 Å². The van der Waals surface area contributed by atoms with Gasteiger partial charge >= 0.3 is 0 Å². The maximum Gasteiger partial charge on any atom is 0.258 e. The maximum atomic E-state index is 11.7. The van der Waals surface area contributed by atoms with Crippen molar-refractivity contribution in [1.29, 1.82) is 0 Å². The van der Waals surface area contributed by atoms with Crippen molar-refractivity contribution in [3.05, 3.63) is 77.6 Å². The van der Waals surface area contributed by atoms with Gasteiger partial charge in [0.25, 0.3) is 5.56 Å². The topological polar surface area (TPSA) is 63.6 Å². The summed E-state index contributed by atoms with van der Waals surface area (Å²) in [5, 5.41) is 4.97. The van der Waals surface area contributed by atoms with Crippen LogP contribution in [0.3, 0.4) is 0 Å². The van der Waals surface area contributed by atoms with E-state index in [1.807, 2.05) is 53.3 Å². The van der Waals surface area contributed by atoms with Crippen LogP contribution in [0, 0.1) is 0 Å². The zero-order valence-corrected chi connectivity index (χ0v) is 11.6. The van der Waals surface area contributed by atoms with E-state index in [9.17, 15) is 4.79 Å². The number of hydrogen-bond donors (Lipinski definition) is 1. The molecular weight excluding hydrogens is 276 g/mol. The third kappa shape index (κ3) is 2.09. The average Bonchev–Trinajstić information content (AvgIpc) is 3.06. The van der Waals surface area contributed by atoms with Gasteiger partial charge in [-0.05, 0) is 29.8 Å². The van der Waals surface area contributed by atoms with Crippen LogP contribution in [-0.4, -0.2) is 19.7 Å². The Morgan fingerprint density at radius 2 is 1.86 bits per heavy atom. The first kappa shape index (κ1) is 12.5. The fourth-order valence-corrected chi connectivity index (χ4v) is 2.44. The van der Waals surface area contributed by atoms with Crippen molar-refractivity contribution in [3.8, 4) is 16.8 Å². The van der Waals surface area contributed by atoms with Gasteiger partial charge in [0.15, 0.2) is 0 Å². The number of hydrogen-bond acceptors (Lipinski definition) is 3. The van der Waals surface area contributed by atoms with Crippen LogP contribution in [0.1, 0.15) is 0 Å². The smallest absolute Gasteiger partial charge is 0.258 e. The van der Waals surface area contributed by atoms with Crippen LogP contribution in [0.2, 0.25) is 0 Å². The predicted molar refractivity (Wildman–Crippen MR) is 84.9 cm³/mol. The third-order valence-electron chi connectivity index (χ3n) is 3.58.